The minimum absolute atomic E-state index is 0.116. The molecule has 1 amide bonds. The van der Waals surface area contributed by atoms with Gasteiger partial charge >= 0.3 is 0 Å². The van der Waals surface area contributed by atoms with E-state index in [2.05, 4.69) is 22.4 Å². The van der Waals surface area contributed by atoms with E-state index in [4.69, 9.17) is 20.9 Å². The van der Waals surface area contributed by atoms with Crippen molar-refractivity contribution in [2.75, 3.05) is 0 Å². The van der Waals surface area contributed by atoms with Crippen LogP contribution in [0.1, 0.15) is 31.7 Å². The monoisotopic (exact) mass is 399 g/mol. The van der Waals surface area contributed by atoms with Crippen molar-refractivity contribution in [2.24, 2.45) is 0 Å². The first-order valence-corrected chi connectivity index (χ1v) is 9.59. The summed E-state index contributed by atoms with van der Waals surface area (Å²) in [5.41, 5.74) is 1.89. The van der Waals surface area contributed by atoms with E-state index >= 15 is 0 Å². The molecule has 0 bridgehead atoms. The Morgan fingerprint density at radius 1 is 1.18 bits per heavy atom. The second kappa shape index (κ2) is 9.37. The first kappa shape index (κ1) is 19.9. The third kappa shape index (κ3) is 4.89. The molecule has 146 valence electrons. The Hall–Kier alpha value is -2.86. The Kier molecular flexibility index (Phi) is 6.66. The topological polar surface area (TPSA) is 77.2 Å². The van der Waals surface area contributed by atoms with Gasteiger partial charge in [0.05, 0.1) is 11.6 Å². The second-order valence-electron chi connectivity index (χ2n) is 6.22. The summed E-state index contributed by atoms with van der Waals surface area (Å²) in [5, 5.41) is 7.23. The fourth-order valence-corrected chi connectivity index (χ4v) is 2.87. The van der Waals surface area contributed by atoms with Crippen LogP contribution >= 0.6 is 11.6 Å². The highest BCUT2D eigenvalue weighted by Crippen LogP contribution is 2.24. The number of halogens is 1. The lowest BCUT2D eigenvalue weighted by Gasteiger charge is -2.17. The molecular formula is C21H22ClN3O3. The van der Waals surface area contributed by atoms with Gasteiger partial charge in [0.15, 0.2) is 6.10 Å². The number of rotatable bonds is 8. The van der Waals surface area contributed by atoms with E-state index in [-0.39, 0.29) is 12.5 Å². The molecule has 0 saturated carbocycles. The molecule has 0 fully saturated rings. The van der Waals surface area contributed by atoms with E-state index in [0.29, 0.717) is 34.5 Å². The third-order valence-electron chi connectivity index (χ3n) is 4.27. The zero-order valence-corrected chi connectivity index (χ0v) is 16.6. The molecule has 0 aliphatic carbocycles. The summed E-state index contributed by atoms with van der Waals surface area (Å²) in [6.45, 7) is 4.10. The fraction of sp³-hybridized carbons (Fsp3) is 0.286. The first-order chi connectivity index (χ1) is 13.6. The van der Waals surface area contributed by atoms with Gasteiger partial charge in [-0.25, -0.2) is 0 Å². The Morgan fingerprint density at radius 3 is 2.61 bits per heavy atom. The number of aromatic nitrogens is 2. The average molecular weight is 400 g/mol. The summed E-state index contributed by atoms with van der Waals surface area (Å²) < 4.78 is 11.0. The van der Waals surface area contributed by atoms with Gasteiger partial charge in [0, 0.05) is 5.56 Å². The molecule has 0 aliphatic rings. The number of benzene rings is 2. The largest absolute Gasteiger partial charge is 0.481 e. The summed E-state index contributed by atoms with van der Waals surface area (Å²) in [6, 6.07) is 15.0. The predicted molar refractivity (Wildman–Crippen MR) is 107 cm³/mol. The number of nitrogens with one attached hydrogen (secondary N) is 1. The van der Waals surface area contributed by atoms with Crippen molar-refractivity contribution in [3.63, 3.8) is 0 Å². The molecule has 0 unspecified atom stereocenters. The van der Waals surface area contributed by atoms with Crippen molar-refractivity contribution in [2.45, 2.75) is 39.3 Å². The van der Waals surface area contributed by atoms with Gasteiger partial charge in [-0.1, -0.05) is 54.9 Å². The lowest BCUT2D eigenvalue weighted by Crippen LogP contribution is -2.37. The molecule has 7 heteroatoms. The van der Waals surface area contributed by atoms with Gasteiger partial charge < -0.3 is 14.6 Å². The first-order valence-electron chi connectivity index (χ1n) is 9.21. The van der Waals surface area contributed by atoms with E-state index in [9.17, 15) is 4.79 Å². The maximum absolute atomic E-state index is 12.5. The molecule has 1 atom stereocenters. The van der Waals surface area contributed by atoms with Crippen LogP contribution in [-0.2, 0) is 17.8 Å². The van der Waals surface area contributed by atoms with Crippen molar-refractivity contribution in [3.8, 4) is 17.1 Å². The molecule has 1 heterocycles. The van der Waals surface area contributed by atoms with Gasteiger partial charge in [-0.2, -0.15) is 4.98 Å². The van der Waals surface area contributed by atoms with Crippen LogP contribution in [-0.4, -0.2) is 22.2 Å². The Bertz CT molecular complexity index is 925. The second-order valence-corrected chi connectivity index (χ2v) is 6.63. The maximum Gasteiger partial charge on any atom is 0.261 e. The SMILES string of the molecule is CCc1ccc(O[C@H](CC)C(=O)NCc2nc(-c3ccccc3Cl)no2)cc1. The number of nitrogens with zero attached hydrogens (tertiary/aromatic N) is 2. The van der Waals surface area contributed by atoms with E-state index in [0.717, 1.165) is 6.42 Å². The summed E-state index contributed by atoms with van der Waals surface area (Å²) >= 11 is 6.14. The standard InChI is InChI=1S/C21H22ClN3O3/c1-3-14-9-11-15(12-10-14)27-18(4-2)21(26)23-13-19-24-20(25-28-19)16-7-5-6-8-17(16)22/h5-12,18H,3-4,13H2,1-2H3,(H,23,26)/t18-/m1/s1. The highest BCUT2D eigenvalue weighted by Gasteiger charge is 2.19. The number of ether oxygens (including phenoxy) is 1. The van der Waals surface area contributed by atoms with Crippen molar-refractivity contribution in [3.05, 3.63) is 65.0 Å². The molecule has 0 spiro atoms. The molecule has 2 aromatic carbocycles. The molecule has 0 radical (unpaired) electrons. The quantitative estimate of drug-likeness (QED) is 0.606. The Balaban J connectivity index is 1.58. The normalized spacial score (nSPS) is 11.8. The van der Waals surface area contributed by atoms with Crippen molar-refractivity contribution < 1.29 is 14.1 Å². The minimum Gasteiger partial charge on any atom is -0.481 e. The van der Waals surface area contributed by atoms with Crippen LogP contribution in [0.25, 0.3) is 11.4 Å². The van der Waals surface area contributed by atoms with Gasteiger partial charge in [0.1, 0.15) is 5.75 Å². The summed E-state index contributed by atoms with van der Waals surface area (Å²) in [5.74, 6) is 1.11. The smallest absolute Gasteiger partial charge is 0.261 e. The highest BCUT2D eigenvalue weighted by atomic mass is 35.5. The van der Waals surface area contributed by atoms with Gasteiger partial charge in [-0.15, -0.1) is 0 Å². The lowest BCUT2D eigenvalue weighted by molar-refractivity contribution is -0.128. The maximum atomic E-state index is 12.5. The fourth-order valence-electron chi connectivity index (χ4n) is 2.65. The molecule has 0 saturated heterocycles. The van der Waals surface area contributed by atoms with E-state index in [1.165, 1.54) is 5.56 Å². The summed E-state index contributed by atoms with van der Waals surface area (Å²) in [6.07, 6.45) is 0.896. The van der Waals surface area contributed by atoms with Crippen LogP contribution in [0.4, 0.5) is 0 Å². The highest BCUT2D eigenvalue weighted by molar-refractivity contribution is 6.33. The van der Waals surface area contributed by atoms with Gasteiger partial charge in [-0.05, 0) is 42.7 Å². The van der Waals surface area contributed by atoms with Gasteiger partial charge in [-0.3, -0.25) is 4.79 Å². The Labute approximate surface area is 168 Å². The molecule has 3 aromatic rings. The number of amides is 1. The predicted octanol–water partition coefficient (Wildman–Crippen LogP) is 4.43. The van der Waals surface area contributed by atoms with Crippen LogP contribution < -0.4 is 10.1 Å². The summed E-state index contributed by atoms with van der Waals surface area (Å²) in [7, 11) is 0. The van der Waals surface area contributed by atoms with Crippen molar-refractivity contribution in [1.82, 2.24) is 15.5 Å². The average Bonchev–Trinajstić information content (AvgIpc) is 3.19. The van der Waals surface area contributed by atoms with Gasteiger partial charge in [0.25, 0.3) is 5.91 Å². The van der Waals surface area contributed by atoms with Crippen LogP contribution in [0.15, 0.2) is 53.1 Å². The van der Waals surface area contributed by atoms with Crippen LogP contribution in [0.5, 0.6) is 5.75 Å². The molecule has 6 nitrogen and oxygen atoms in total. The van der Waals surface area contributed by atoms with Crippen LogP contribution in [0.2, 0.25) is 5.02 Å². The van der Waals surface area contributed by atoms with E-state index in [1.54, 1.807) is 12.1 Å². The zero-order valence-electron chi connectivity index (χ0n) is 15.8. The third-order valence-corrected chi connectivity index (χ3v) is 4.60. The van der Waals surface area contributed by atoms with Crippen LogP contribution in [0.3, 0.4) is 0 Å². The molecule has 1 N–H and O–H groups in total. The van der Waals surface area contributed by atoms with Gasteiger partial charge in [0.2, 0.25) is 11.7 Å². The number of carbonyl (C=O) groups excluding carboxylic acids is 1. The minimum atomic E-state index is -0.599. The molecule has 0 aliphatic heterocycles. The molecule has 28 heavy (non-hydrogen) atoms. The molecule has 3 rings (SSSR count). The Morgan fingerprint density at radius 2 is 1.93 bits per heavy atom. The lowest BCUT2D eigenvalue weighted by atomic mass is 10.2. The van der Waals surface area contributed by atoms with Crippen molar-refractivity contribution in [1.29, 1.82) is 0 Å². The van der Waals surface area contributed by atoms with Crippen molar-refractivity contribution >= 4 is 17.5 Å². The molecule has 1 aromatic heterocycles. The molecular weight excluding hydrogens is 378 g/mol. The summed E-state index contributed by atoms with van der Waals surface area (Å²) in [4.78, 5) is 16.7. The van der Waals surface area contributed by atoms with Crippen LogP contribution in [0, 0.1) is 0 Å². The zero-order chi connectivity index (χ0) is 19.9. The number of hydrogen-bond acceptors (Lipinski definition) is 5. The number of hydrogen-bond donors (Lipinski definition) is 1. The van der Waals surface area contributed by atoms with E-state index in [1.807, 2.05) is 43.3 Å². The number of carbonyl (C=O) groups is 1. The van der Waals surface area contributed by atoms with E-state index < -0.39 is 6.10 Å². The number of aryl methyl sites for hydroxylation is 1.